The van der Waals surface area contributed by atoms with E-state index in [9.17, 15) is 19.2 Å². The number of hydrazine groups is 1. The van der Waals surface area contributed by atoms with Crippen LogP contribution in [0.1, 0.15) is 21.0 Å². The van der Waals surface area contributed by atoms with Crippen LogP contribution in [-0.2, 0) is 14.1 Å². The predicted molar refractivity (Wildman–Crippen MR) is 109 cm³/mol. The molecule has 0 saturated carbocycles. The number of hydrogen-bond acceptors (Lipinski definition) is 6. The number of carbonyl (C=O) groups excluding carboxylic acids is 2. The van der Waals surface area contributed by atoms with Crippen LogP contribution in [0, 0.1) is 0 Å². The van der Waals surface area contributed by atoms with Crippen molar-refractivity contribution in [2.45, 2.75) is 0 Å². The lowest BCUT2D eigenvalue weighted by atomic mass is 10.1. The number of amides is 2. The molecular formula is C20H16N6O4. The van der Waals surface area contributed by atoms with Crippen molar-refractivity contribution in [1.29, 1.82) is 0 Å². The summed E-state index contributed by atoms with van der Waals surface area (Å²) in [6.45, 7) is 0. The molecule has 0 atom stereocenters. The lowest BCUT2D eigenvalue weighted by Crippen LogP contribution is -2.43. The molecule has 0 fully saturated rings. The summed E-state index contributed by atoms with van der Waals surface area (Å²) < 4.78 is 2.11. The van der Waals surface area contributed by atoms with E-state index in [1.54, 1.807) is 48.5 Å². The first-order valence-corrected chi connectivity index (χ1v) is 8.91. The van der Waals surface area contributed by atoms with Crippen molar-refractivity contribution >= 4 is 33.4 Å². The van der Waals surface area contributed by atoms with Gasteiger partial charge in [0.2, 0.25) is 0 Å². The summed E-state index contributed by atoms with van der Waals surface area (Å²) in [6.07, 6.45) is 0. The van der Waals surface area contributed by atoms with Crippen molar-refractivity contribution in [3.8, 4) is 0 Å². The Hall–Kier alpha value is -4.34. The monoisotopic (exact) mass is 404 g/mol. The summed E-state index contributed by atoms with van der Waals surface area (Å²) in [7, 11) is 2.87. The number of carbonyl (C=O) groups is 2. The molecule has 4 rings (SSSR count). The van der Waals surface area contributed by atoms with E-state index in [0.717, 1.165) is 9.36 Å². The molecule has 0 spiro atoms. The van der Waals surface area contributed by atoms with Crippen LogP contribution in [0.5, 0.6) is 0 Å². The van der Waals surface area contributed by atoms with E-state index >= 15 is 0 Å². The third-order valence-electron chi connectivity index (χ3n) is 4.63. The summed E-state index contributed by atoms with van der Waals surface area (Å²) in [6, 6.07) is 13.1. The van der Waals surface area contributed by atoms with Crippen molar-refractivity contribution in [2.24, 2.45) is 14.1 Å². The van der Waals surface area contributed by atoms with E-state index < -0.39 is 11.8 Å². The molecule has 4 aromatic rings. The quantitative estimate of drug-likeness (QED) is 0.461. The second-order valence-corrected chi connectivity index (χ2v) is 6.55. The van der Waals surface area contributed by atoms with Gasteiger partial charge >= 0.3 is 0 Å². The summed E-state index contributed by atoms with van der Waals surface area (Å²) in [4.78, 5) is 49.7. The maximum absolute atomic E-state index is 12.7. The second-order valence-electron chi connectivity index (χ2n) is 6.55. The Balaban J connectivity index is 1.66. The summed E-state index contributed by atoms with van der Waals surface area (Å²) in [5, 5.41) is 9.39. The van der Waals surface area contributed by atoms with E-state index in [4.69, 9.17) is 0 Å². The van der Waals surface area contributed by atoms with E-state index in [0.29, 0.717) is 21.5 Å². The molecule has 10 nitrogen and oxygen atoms in total. The first kappa shape index (κ1) is 19.0. The van der Waals surface area contributed by atoms with Crippen molar-refractivity contribution < 1.29 is 9.59 Å². The van der Waals surface area contributed by atoms with Gasteiger partial charge in [-0.1, -0.05) is 36.4 Å². The minimum Gasteiger partial charge on any atom is -0.267 e. The molecule has 10 heteroatoms. The number of aryl methyl sites for hydroxylation is 2. The number of hydrogen-bond donors (Lipinski definition) is 2. The van der Waals surface area contributed by atoms with Gasteiger partial charge in [0.25, 0.3) is 22.9 Å². The predicted octanol–water partition coefficient (Wildman–Crippen LogP) is 0.255. The second kappa shape index (κ2) is 7.24. The van der Waals surface area contributed by atoms with E-state index in [1.807, 2.05) is 0 Å². The van der Waals surface area contributed by atoms with Crippen LogP contribution < -0.4 is 22.0 Å². The highest BCUT2D eigenvalue weighted by molar-refractivity contribution is 6.08. The normalized spacial score (nSPS) is 10.9. The van der Waals surface area contributed by atoms with Gasteiger partial charge in [-0.25, -0.2) is 9.36 Å². The maximum Gasteiger partial charge on any atom is 0.290 e. The van der Waals surface area contributed by atoms with Crippen LogP contribution in [0.15, 0.2) is 58.1 Å². The molecule has 0 unspecified atom stereocenters. The zero-order valence-corrected chi connectivity index (χ0v) is 16.0. The topological polar surface area (TPSA) is 128 Å². The molecule has 0 aliphatic rings. The van der Waals surface area contributed by atoms with Gasteiger partial charge in [-0.05, 0) is 12.1 Å². The lowest BCUT2D eigenvalue weighted by molar-refractivity contribution is 0.0841. The van der Waals surface area contributed by atoms with Crippen LogP contribution >= 0.6 is 0 Å². The highest BCUT2D eigenvalue weighted by Gasteiger charge is 2.19. The fourth-order valence-corrected chi connectivity index (χ4v) is 3.17. The van der Waals surface area contributed by atoms with Crippen molar-refractivity contribution in [1.82, 2.24) is 30.4 Å². The number of rotatable bonds is 2. The maximum atomic E-state index is 12.7. The summed E-state index contributed by atoms with van der Waals surface area (Å²) in [5.74, 6) is -1.41. The molecule has 0 radical (unpaired) electrons. The Morgan fingerprint density at radius 2 is 1.00 bits per heavy atom. The van der Waals surface area contributed by atoms with Crippen LogP contribution in [0.3, 0.4) is 0 Å². The lowest BCUT2D eigenvalue weighted by Gasteiger charge is -2.11. The fourth-order valence-electron chi connectivity index (χ4n) is 3.17. The number of nitrogens with zero attached hydrogens (tertiary/aromatic N) is 4. The molecule has 2 N–H and O–H groups in total. The highest BCUT2D eigenvalue weighted by Crippen LogP contribution is 2.14. The smallest absolute Gasteiger partial charge is 0.267 e. The Morgan fingerprint density at radius 1 is 0.667 bits per heavy atom. The number of aromatic nitrogens is 4. The minimum atomic E-state index is -0.704. The van der Waals surface area contributed by atoms with Crippen molar-refractivity contribution in [2.75, 3.05) is 0 Å². The van der Waals surface area contributed by atoms with Crippen LogP contribution in [0.2, 0.25) is 0 Å². The third-order valence-corrected chi connectivity index (χ3v) is 4.63. The first-order chi connectivity index (χ1) is 14.4. The zero-order valence-electron chi connectivity index (χ0n) is 16.0. The van der Waals surface area contributed by atoms with Crippen molar-refractivity contribution in [3.63, 3.8) is 0 Å². The van der Waals surface area contributed by atoms with E-state index in [-0.39, 0.29) is 22.5 Å². The molecule has 0 saturated heterocycles. The molecule has 2 amide bonds. The molecule has 2 heterocycles. The summed E-state index contributed by atoms with van der Waals surface area (Å²) >= 11 is 0. The molecule has 2 aromatic heterocycles. The Bertz CT molecular complexity index is 1340. The SMILES string of the molecule is Cn1nc(C(=O)NNC(=O)c2nn(C)c(=O)c3ccccc23)c2ccccc2c1=O. The largest absolute Gasteiger partial charge is 0.290 e. The molecular weight excluding hydrogens is 388 g/mol. The standard InChI is InChI=1S/C20H16N6O4/c1-25-19(29)13-9-5-3-7-11(13)15(23-25)17(27)21-22-18(28)16-12-8-4-6-10-14(12)20(30)26(2)24-16/h3-10H,1-2H3,(H,21,27)(H,22,28). The van der Waals surface area contributed by atoms with Crippen LogP contribution in [0.25, 0.3) is 21.5 Å². The van der Waals surface area contributed by atoms with Gasteiger partial charge in [-0.2, -0.15) is 10.2 Å². The number of fused-ring (bicyclic) bond motifs is 2. The van der Waals surface area contributed by atoms with Crippen molar-refractivity contribution in [3.05, 3.63) is 80.6 Å². The Labute approximate surface area is 168 Å². The van der Waals surface area contributed by atoms with Gasteiger partial charge in [-0.3, -0.25) is 30.0 Å². The fraction of sp³-hybridized carbons (Fsp3) is 0.100. The average molecular weight is 404 g/mol. The summed E-state index contributed by atoms with van der Waals surface area (Å²) in [5.41, 5.74) is 3.86. The highest BCUT2D eigenvalue weighted by atomic mass is 16.2. The van der Waals surface area contributed by atoms with Gasteiger partial charge in [0.1, 0.15) is 0 Å². The average Bonchev–Trinajstić information content (AvgIpc) is 2.77. The zero-order chi connectivity index (χ0) is 21.4. The number of nitrogens with one attached hydrogen (secondary N) is 2. The van der Waals surface area contributed by atoms with E-state index in [2.05, 4.69) is 21.0 Å². The van der Waals surface area contributed by atoms with Crippen LogP contribution in [-0.4, -0.2) is 31.4 Å². The van der Waals surface area contributed by atoms with Crippen LogP contribution in [0.4, 0.5) is 0 Å². The van der Waals surface area contributed by atoms with E-state index in [1.165, 1.54) is 14.1 Å². The molecule has 30 heavy (non-hydrogen) atoms. The Kier molecular flexibility index (Phi) is 4.59. The first-order valence-electron chi connectivity index (χ1n) is 8.91. The van der Waals surface area contributed by atoms with Gasteiger partial charge in [0.15, 0.2) is 11.4 Å². The molecule has 0 bridgehead atoms. The molecule has 0 aliphatic heterocycles. The minimum absolute atomic E-state index is 0.0220. The van der Waals surface area contributed by atoms with Gasteiger partial charge < -0.3 is 0 Å². The van der Waals surface area contributed by atoms with Gasteiger partial charge in [-0.15, -0.1) is 0 Å². The third kappa shape index (κ3) is 3.09. The van der Waals surface area contributed by atoms with Gasteiger partial charge in [0.05, 0.1) is 10.8 Å². The Morgan fingerprint density at radius 3 is 1.37 bits per heavy atom. The molecule has 0 aliphatic carbocycles. The molecule has 2 aromatic carbocycles. The van der Waals surface area contributed by atoms with Gasteiger partial charge in [0, 0.05) is 24.9 Å². The number of benzene rings is 2. The molecule has 150 valence electrons.